The summed E-state index contributed by atoms with van der Waals surface area (Å²) in [6, 6.07) is 2.44. The third-order valence-electron chi connectivity index (χ3n) is 1.75. The Morgan fingerprint density at radius 2 is 2.35 bits per heavy atom. The minimum atomic E-state index is -0.621. The zero-order valence-electron chi connectivity index (χ0n) is 8.42. The Kier molecular flexibility index (Phi) is 4.17. The summed E-state index contributed by atoms with van der Waals surface area (Å²) >= 11 is 5.81. The SMILES string of the molecule is [N-]=[N+]=NCC#Cc1cc([N+](=O)[O-])c(N)cc1Cl. The average Bonchev–Trinajstić information content (AvgIpc) is 2.26. The van der Waals surface area contributed by atoms with Gasteiger partial charge in [0.05, 0.1) is 22.1 Å². The molecule has 2 N–H and O–H groups in total. The van der Waals surface area contributed by atoms with Crippen LogP contribution in [-0.4, -0.2) is 11.5 Å². The topological polar surface area (TPSA) is 118 Å². The number of nitrogens with zero attached hydrogens (tertiary/aromatic N) is 4. The molecule has 0 aliphatic carbocycles. The van der Waals surface area contributed by atoms with Crippen molar-refractivity contribution in [3.05, 3.63) is 43.3 Å². The van der Waals surface area contributed by atoms with E-state index in [1.54, 1.807) is 0 Å². The van der Waals surface area contributed by atoms with Crippen molar-refractivity contribution >= 4 is 23.0 Å². The number of nitro benzene ring substituents is 1. The minimum absolute atomic E-state index is 0.0272. The van der Waals surface area contributed by atoms with E-state index < -0.39 is 4.92 Å². The third kappa shape index (κ3) is 3.28. The quantitative estimate of drug-likeness (QED) is 0.165. The van der Waals surface area contributed by atoms with Gasteiger partial charge in [0.1, 0.15) is 5.69 Å². The standard InChI is InChI=1S/C9H6ClN5O2/c10-7-5-8(11)9(15(16)17)4-6(7)2-1-3-13-14-12/h4-5H,3,11H2. The smallest absolute Gasteiger partial charge is 0.293 e. The van der Waals surface area contributed by atoms with Crippen molar-refractivity contribution in [1.82, 2.24) is 0 Å². The van der Waals surface area contributed by atoms with Crippen LogP contribution in [-0.2, 0) is 0 Å². The zero-order chi connectivity index (χ0) is 12.8. The minimum Gasteiger partial charge on any atom is -0.393 e. The highest BCUT2D eigenvalue weighted by molar-refractivity contribution is 6.32. The lowest BCUT2D eigenvalue weighted by molar-refractivity contribution is -0.383. The molecule has 17 heavy (non-hydrogen) atoms. The molecular weight excluding hydrogens is 246 g/mol. The molecule has 0 heterocycles. The Bertz CT molecular complexity index is 569. The molecule has 0 aliphatic heterocycles. The molecule has 0 aromatic heterocycles. The van der Waals surface area contributed by atoms with E-state index in [0.717, 1.165) is 0 Å². The molecule has 1 aromatic carbocycles. The van der Waals surface area contributed by atoms with Gasteiger partial charge in [-0.25, -0.2) is 0 Å². The van der Waals surface area contributed by atoms with Crippen molar-refractivity contribution in [2.45, 2.75) is 0 Å². The molecule has 0 radical (unpaired) electrons. The summed E-state index contributed by atoms with van der Waals surface area (Å²) in [6.07, 6.45) is 0. The molecule has 8 heteroatoms. The number of nitrogen functional groups attached to an aromatic ring is 1. The molecular formula is C9H6ClN5O2. The van der Waals surface area contributed by atoms with Crippen LogP contribution in [0.1, 0.15) is 5.56 Å². The Balaban J connectivity index is 3.14. The Hall–Kier alpha value is -2.42. The molecule has 0 bridgehead atoms. The van der Waals surface area contributed by atoms with Crippen molar-refractivity contribution in [1.29, 1.82) is 0 Å². The number of nitrogens with two attached hydrogens (primary N) is 1. The fraction of sp³-hybridized carbons (Fsp3) is 0.111. The van der Waals surface area contributed by atoms with Gasteiger partial charge in [-0.1, -0.05) is 28.6 Å². The predicted octanol–water partition coefficient (Wildman–Crippen LogP) is 2.49. The van der Waals surface area contributed by atoms with Gasteiger partial charge in [0.2, 0.25) is 0 Å². The van der Waals surface area contributed by atoms with Gasteiger partial charge < -0.3 is 5.73 Å². The van der Waals surface area contributed by atoms with Crippen molar-refractivity contribution in [3.63, 3.8) is 0 Å². The first-order valence-corrected chi connectivity index (χ1v) is 4.67. The average molecular weight is 252 g/mol. The molecule has 0 atom stereocenters. The summed E-state index contributed by atoms with van der Waals surface area (Å²) in [4.78, 5) is 12.5. The number of halogens is 1. The number of nitro groups is 1. The molecule has 86 valence electrons. The maximum Gasteiger partial charge on any atom is 0.293 e. The Labute approximate surface area is 101 Å². The molecule has 0 amide bonds. The van der Waals surface area contributed by atoms with E-state index in [4.69, 9.17) is 22.9 Å². The normalized spacial score (nSPS) is 8.76. The summed E-state index contributed by atoms with van der Waals surface area (Å²) in [5.41, 5.74) is 13.4. The lowest BCUT2D eigenvalue weighted by Gasteiger charge is -2.00. The van der Waals surface area contributed by atoms with Gasteiger partial charge in [0.25, 0.3) is 5.69 Å². The van der Waals surface area contributed by atoms with Crippen LogP contribution in [0.2, 0.25) is 5.02 Å². The Morgan fingerprint density at radius 1 is 1.65 bits per heavy atom. The van der Waals surface area contributed by atoms with Crippen molar-refractivity contribution in [2.75, 3.05) is 12.3 Å². The van der Waals surface area contributed by atoms with Crippen LogP contribution in [0.5, 0.6) is 0 Å². The van der Waals surface area contributed by atoms with Crippen molar-refractivity contribution in [2.24, 2.45) is 5.11 Å². The predicted molar refractivity (Wildman–Crippen MR) is 63.4 cm³/mol. The lowest BCUT2D eigenvalue weighted by atomic mass is 10.2. The van der Waals surface area contributed by atoms with E-state index in [9.17, 15) is 10.1 Å². The van der Waals surface area contributed by atoms with Gasteiger partial charge in [0, 0.05) is 11.0 Å². The number of rotatable bonds is 2. The molecule has 0 unspecified atom stereocenters. The molecule has 7 nitrogen and oxygen atoms in total. The second-order valence-electron chi connectivity index (χ2n) is 2.84. The van der Waals surface area contributed by atoms with Gasteiger partial charge in [-0.05, 0) is 11.6 Å². The molecule has 1 aromatic rings. The maximum absolute atomic E-state index is 10.6. The van der Waals surface area contributed by atoms with Crippen LogP contribution < -0.4 is 5.73 Å². The van der Waals surface area contributed by atoms with Gasteiger partial charge >= 0.3 is 0 Å². The van der Waals surface area contributed by atoms with Crippen LogP contribution in [0.15, 0.2) is 17.2 Å². The van der Waals surface area contributed by atoms with E-state index in [-0.39, 0.29) is 28.5 Å². The first-order chi connectivity index (χ1) is 8.06. The summed E-state index contributed by atoms with van der Waals surface area (Å²) < 4.78 is 0. The largest absolute Gasteiger partial charge is 0.393 e. The second kappa shape index (κ2) is 5.61. The van der Waals surface area contributed by atoms with E-state index in [1.807, 2.05) is 0 Å². The number of anilines is 1. The van der Waals surface area contributed by atoms with Gasteiger partial charge in [0.15, 0.2) is 0 Å². The monoisotopic (exact) mass is 251 g/mol. The maximum atomic E-state index is 10.6. The molecule has 0 saturated heterocycles. The molecule has 0 fully saturated rings. The Morgan fingerprint density at radius 3 is 2.94 bits per heavy atom. The zero-order valence-corrected chi connectivity index (χ0v) is 9.18. The fourth-order valence-electron chi connectivity index (χ4n) is 1.03. The first-order valence-electron chi connectivity index (χ1n) is 4.29. The van der Waals surface area contributed by atoms with Crippen LogP contribution >= 0.6 is 11.6 Å². The summed E-state index contributed by atoms with van der Waals surface area (Å²) in [5, 5.41) is 14.0. The second-order valence-corrected chi connectivity index (χ2v) is 3.25. The number of benzene rings is 1. The van der Waals surface area contributed by atoms with E-state index in [0.29, 0.717) is 0 Å². The lowest BCUT2D eigenvalue weighted by Crippen LogP contribution is -1.96. The highest BCUT2D eigenvalue weighted by Gasteiger charge is 2.14. The van der Waals surface area contributed by atoms with Crippen LogP contribution in [0, 0.1) is 22.0 Å². The van der Waals surface area contributed by atoms with Gasteiger partial charge in [-0.2, -0.15) is 0 Å². The van der Waals surface area contributed by atoms with Crippen LogP contribution in [0.3, 0.4) is 0 Å². The van der Waals surface area contributed by atoms with E-state index in [1.165, 1.54) is 12.1 Å². The number of azide groups is 1. The third-order valence-corrected chi connectivity index (χ3v) is 2.06. The summed E-state index contributed by atoms with van der Waals surface area (Å²) in [6.45, 7) is -0.0367. The molecule has 0 spiro atoms. The van der Waals surface area contributed by atoms with Crippen LogP contribution in [0.25, 0.3) is 10.4 Å². The summed E-state index contributed by atoms with van der Waals surface area (Å²) in [5.74, 6) is 5.07. The first kappa shape index (κ1) is 12.6. The van der Waals surface area contributed by atoms with Gasteiger partial charge in [-0.3, -0.25) is 10.1 Å². The fourth-order valence-corrected chi connectivity index (χ4v) is 1.25. The molecule has 1 rings (SSSR count). The summed E-state index contributed by atoms with van der Waals surface area (Å²) in [7, 11) is 0. The van der Waals surface area contributed by atoms with Crippen LogP contribution in [0.4, 0.5) is 11.4 Å². The van der Waals surface area contributed by atoms with Crippen molar-refractivity contribution in [3.8, 4) is 11.8 Å². The van der Waals surface area contributed by atoms with E-state index >= 15 is 0 Å². The number of hydrogen-bond acceptors (Lipinski definition) is 4. The highest BCUT2D eigenvalue weighted by Crippen LogP contribution is 2.28. The molecule has 0 saturated carbocycles. The van der Waals surface area contributed by atoms with Gasteiger partial charge in [-0.15, -0.1) is 0 Å². The van der Waals surface area contributed by atoms with E-state index in [2.05, 4.69) is 21.9 Å². The number of hydrogen-bond donors (Lipinski definition) is 1. The van der Waals surface area contributed by atoms with Crippen molar-refractivity contribution < 1.29 is 4.92 Å². The molecule has 0 aliphatic rings. The highest BCUT2D eigenvalue weighted by atomic mass is 35.5.